The molecule has 1 fully saturated rings. The smallest absolute Gasteiger partial charge is 0.347 e. The Morgan fingerprint density at radius 2 is 1.48 bits per heavy atom. The highest BCUT2D eigenvalue weighted by Gasteiger charge is 2.42. The van der Waals surface area contributed by atoms with E-state index in [-0.39, 0.29) is 12.7 Å². The number of carbonyl (C=O) groups is 1. The molecule has 160 valence electrons. The summed E-state index contributed by atoms with van der Waals surface area (Å²) in [5.41, 5.74) is 0.312. The molecule has 3 aromatic carbocycles. The summed E-state index contributed by atoms with van der Waals surface area (Å²) in [6, 6.07) is 28.1. The zero-order valence-electron chi connectivity index (χ0n) is 17.4. The SMILES string of the molecule is O=C(OC[C@@H]1CN(Cc2ccccc2)CCO1)C(O)(c1ccccc1)c1ccccc1. The zero-order chi connectivity index (χ0) is 21.5. The van der Waals surface area contributed by atoms with Gasteiger partial charge in [-0.05, 0) is 16.7 Å². The average Bonchev–Trinajstić information content (AvgIpc) is 2.84. The van der Waals surface area contributed by atoms with Gasteiger partial charge >= 0.3 is 5.97 Å². The minimum absolute atomic E-state index is 0.0894. The summed E-state index contributed by atoms with van der Waals surface area (Å²) in [5, 5.41) is 11.5. The minimum Gasteiger partial charge on any atom is -0.460 e. The molecule has 5 nitrogen and oxygen atoms in total. The van der Waals surface area contributed by atoms with Gasteiger partial charge in [0, 0.05) is 19.6 Å². The Labute approximate surface area is 182 Å². The fraction of sp³-hybridized carbons (Fsp3) is 0.269. The Bertz CT molecular complexity index is 923. The molecule has 5 heteroatoms. The lowest BCUT2D eigenvalue weighted by molar-refractivity contribution is -0.168. The largest absolute Gasteiger partial charge is 0.460 e. The second-order valence-corrected chi connectivity index (χ2v) is 7.75. The molecule has 0 unspecified atom stereocenters. The van der Waals surface area contributed by atoms with Gasteiger partial charge in [0.25, 0.3) is 0 Å². The van der Waals surface area contributed by atoms with E-state index in [9.17, 15) is 9.90 Å². The summed E-state index contributed by atoms with van der Waals surface area (Å²) in [5.74, 6) is -0.700. The highest BCUT2D eigenvalue weighted by molar-refractivity contribution is 5.85. The fourth-order valence-electron chi connectivity index (χ4n) is 3.90. The van der Waals surface area contributed by atoms with Gasteiger partial charge in [-0.2, -0.15) is 0 Å². The molecule has 0 radical (unpaired) electrons. The lowest BCUT2D eigenvalue weighted by atomic mass is 9.86. The molecular formula is C26H27NO4. The number of ether oxygens (including phenoxy) is 2. The van der Waals surface area contributed by atoms with Gasteiger partial charge in [0.1, 0.15) is 12.7 Å². The van der Waals surface area contributed by atoms with Gasteiger partial charge in [0.2, 0.25) is 5.60 Å². The third-order valence-electron chi connectivity index (χ3n) is 5.55. The van der Waals surface area contributed by atoms with Crippen molar-refractivity contribution in [2.24, 2.45) is 0 Å². The molecule has 1 atom stereocenters. The fourth-order valence-corrected chi connectivity index (χ4v) is 3.90. The first-order valence-electron chi connectivity index (χ1n) is 10.5. The lowest BCUT2D eigenvalue weighted by Gasteiger charge is -2.33. The van der Waals surface area contributed by atoms with E-state index >= 15 is 0 Å². The first kappa shape index (κ1) is 21.2. The van der Waals surface area contributed by atoms with Gasteiger partial charge in [-0.3, -0.25) is 4.90 Å². The standard InChI is InChI=1S/C26H27NO4/c28-25(26(29,22-12-6-2-7-13-22)23-14-8-3-9-15-23)31-20-24-19-27(16-17-30-24)18-21-10-4-1-5-11-21/h1-15,24,29H,16-20H2/t24-/m0/s1. The lowest BCUT2D eigenvalue weighted by Crippen LogP contribution is -2.46. The summed E-state index contributed by atoms with van der Waals surface area (Å²) >= 11 is 0. The van der Waals surface area contributed by atoms with Crippen molar-refractivity contribution >= 4 is 5.97 Å². The number of hydrogen-bond acceptors (Lipinski definition) is 5. The molecule has 3 aromatic rings. The number of nitrogens with zero attached hydrogens (tertiary/aromatic N) is 1. The Morgan fingerprint density at radius 1 is 0.935 bits per heavy atom. The maximum Gasteiger partial charge on any atom is 0.347 e. The Kier molecular flexibility index (Phi) is 6.77. The number of hydrogen-bond donors (Lipinski definition) is 1. The predicted octanol–water partition coefficient (Wildman–Crippen LogP) is 3.37. The highest BCUT2D eigenvalue weighted by atomic mass is 16.6. The third-order valence-corrected chi connectivity index (χ3v) is 5.55. The van der Waals surface area contributed by atoms with Crippen LogP contribution in [0, 0.1) is 0 Å². The summed E-state index contributed by atoms with van der Waals surface area (Å²) in [6.45, 7) is 2.99. The summed E-state index contributed by atoms with van der Waals surface area (Å²) in [7, 11) is 0. The first-order chi connectivity index (χ1) is 15.2. The number of benzene rings is 3. The van der Waals surface area contributed by atoms with Crippen molar-refractivity contribution in [1.29, 1.82) is 0 Å². The topological polar surface area (TPSA) is 59.0 Å². The van der Waals surface area contributed by atoms with Crippen molar-refractivity contribution in [3.8, 4) is 0 Å². The van der Waals surface area contributed by atoms with Crippen LogP contribution in [-0.2, 0) is 26.4 Å². The van der Waals surface area contributed by atoms with Crippen molar-refractivity contribution < 1.29 is 19.4 Å². The molecule has 4 rings (SSSR count). The van der Waals surface area contributed by atoms with Crippen LogP contribution in [0.25, 0.3) is 0 Å². The van der Waals surface area contributed by atoms with Gasteiger partial charge in [0.05, 0.1) is 6.61 Å². The molecule has 31 heavy (non-hydrogen) atoms. The van der Waals surface area contributed by atoms with Gasteiger partial charge in [0.15, 0.2) is 0 Å². The van der Waals surface area contributed by atoms with Crippen LogP contribution in [0.2, 0.25) is 0 Å². The molecule has 0 spiro atoms. The minimum atomic E-state index is -1.87. The molecule has 0 bridgehead atoms. The Balaban J connectivity index is 1.43. The van der Waals surface area contributed by atoms with Crippen LogP contribution in [0.3, 0.4) is 0 Å². The normalized spacial score (nSPS) is 17.3. The monoisotopic (exact) mass is 417 g/mol. The van der Waals surface area contributed by atoms with Crippen molar-refractivity contribution in [2.75, 3.05) is 26.3 Å². The summed E-state index contributed by atoms with van der Waals surface area (Å²) in [4.78, 5) is 15.4. The average molecular weight is 418 g/mol. The second-order valence-electron chi connectivity index (χ2n) is 7.75. The predicted molar refractivity (Wildman–Crippen MR) is 118 cm³/mol. The van der Waals surface area contributed by atoms with Crippen molar-refractivity contribution in [1.82, 2.24) is 4.90 Å². The van der Waals surface area contributed by atoms with E-state index in [4.69, 9.17) is 9.47 Å². The highest BCUT2D eigenvalue weighted by Crippen LogP contribution is 2.31. The van der Waals surface area contributed by atoms with Gasteiger partial charge in [-0.1, -0.05) is 91.0 Å². The van der Waals surface area contributed by atoms with Crippen LogP contribution in [0.15, 0.2) is 91.0 Å². The zero-order valence-corrected chi connectivity index (χ0v) is 17.4. The molecule has 1 aliphatic heterocycles. The number of morpholine rings is 1. The number of esters is 1. The second kappa shape index (κ2) is 9.88. The molecule has 0 aromatic heterocycles. The maximum absolute atomic E-state index is 13.1. The van der Waals surface area contributed by atoms with Gasteiger partial charge < -0.3 is 14.6 Å². The Hall–Kier alpha value is -2.99. The number of aliphatic hydroxyl groups is 1. The van der Waals surface area contributed by atoms with Gasteiger partial charge in [-0.25, -0.2) is 4.79 Å². The first-order valence-corrected chi connectivity index (χ1v) is 10.5. The molecule has 0 amide bonds. The van der Waals surface area contributed by atoms with E-state index in [1.807, 2.05) is 30.3 Å². The number of carbonyl (C=O) groups excluding carboxylic acids is 1. The molecule has 1 N–H and O–H groups in total. The van der Waals surface area contributed by atoms with Crippen molar-refractivity contribution in [3.05, 3.63) is 108 Å². The molecule has 1 aliphatic rings. The van der Waals surface area contributed by atoms with E-state index in [2.05, 4.69) is 17.0 Å². The molecule has 1 saturated heterocycles. The van der Waals surface area contributed by atoms with E-state index in [0.29, 0.717) is 24.3 Å². The molecule has 0 saturated carbocycles. The van der Waals surface area contributed by atoms with Crippen LogP contribution in [0.4, 0.5) is 0 Å². The molecular weight excluding hydrogens is 390 g/mol. The quantitative estimate of drug-likeness (QED) is 0.598. The van der Waals surface area contributed by atoms with Crippen LogP contribution in [0.1, 0.15) is 16.7 Å². The van der Waals surface area contributed by atoms with E-state index in [1.54, 1.807) is 48.5 Å². The third kappa shape index (κ3) is 5.02. The van der Waals surface area contributed by atoms with Crippen LogP contribution in [-0.4, -0.2) is 48.4 Å². The van der Waals surface area contributed by atoms with Gasteiger partial charge in [-0.15, -0.1) is 0 Å². The van der Waals surface area contributed by atoms with Crippen molar-refractivity contribution in [2.45, 2.75) is 18.2 Å². The summed E-state index contributed by atoms with van der Waals surface area (Å²) < 4.78 is 11.4. The number of rotatable bonds is 7. The van der Waals surface area contributed by atoms with Crippen LogP contribution < -0.4 is 0 Å². The van der Waals surface area contributed by atoms with E-state index in [0.717, 1.165) is 13.1 Å². The maximum atomic E-state index is 13.1. The Morgan fingerprint density at radius 3 is 2.06 bits per heavy atom. The van der Waals surface area contributed by atoms with Crippen LogP contribution in [0.5, 0.6) is 0 Å². The van der Waals surface area contributed by atoms with Crippen molar-refractivity contribution in [3.63, 3.8) is 0 Å². The van der Waals surface area contributed by atoms with E-state index in [1.165, 1.54) is 5.56 Å². The van der Waals surface area contributed by atoms with Crippen LogP contribution >= 0.6 is 0 Å². The van der Waals surface area contributed by atoms with E-state index < -0.39 is 11.6 Å². The molecule has 1 heterocycles. The summed E-state index contributed by atoms with van der Waals surface area (Å²) in [6.07, 6.45) is -0.239. The molecule has 0 aliphatic carbocycles.